The van der Waals surface area contributed by atoms with Gasteiger partial charge >= 0.3 is 5.97 Å². The fraction of sp³-hybridized carbons (Fsp3) is 0.529. The predicted octanol–water partition coefficient (Wildman–Crippen LogP) is -4.00. The Morgan fingerprint density at radius 2 is 1.05 bits per heavy atom. The Labute approximate surface area is 742 Å². The van der Waals surface area contributed by atoms with E-state index < -0.39 is 254 Å². The van der Waals surface area contributed by atoms with Crippen molar-refractivity contribution in [1.29, 1.82) is 0 Å². The fourth-order valence-corrected chi connectivity index (χ4v) is 16.5. The van der Waals surface area contributed by atoms with Crippen molar-refractivity contribution < 1.29 is 102 Å². The minimum Gasteiger partial charge on any atom is -0.508 e. The first kappa shape index (κ1) is 101. The third-order valence-corrected chi connectivity index (χ3v) is 24.0. The number of thioether (sulfide) groups is 1. The van der Waals surface area contributed by atoms with Gasteiger partial charge < -0.3 is 126 Å². The number of nitrogens with two attached hydrogens (primary N) is 4. The Balaban J connectivity index is 1.17. The van der Waals surface area contributed by atoms with Crippen LogP contribution in [0.2, 0.25) is 0 Å². The molecule has 0 aliphatic carbocycles. The van der Waals surface area contributed by atoms with Gasteiger partial charge in [0.25, 0.3) is 0 Å². The molecule has 3 aliphatic rings. The standard InChI is InChI=1S/C85H119N21O21S/c1-8-10-21-64-78(120)93-45(3)72(114)101-63(74(116)92-41-69(89)110)43-128-44-70(111)94-59(33-47-24-26-50(107)27-25-47)81(123)102(5)46(4)73(115)98-61(37-68(88)109)84(126)105-32-16-23-65(105)79(121)100-62(38-87)77(119)96-57(28-29-71(112)113)83(125)106-42-51(108)36-67(106)80(122)97-58(34-48-39-90-54-19-14-12-17-52(48)54)76(118)95-56(30-31-86)75(117)99-60(35-49-40-91-55-20-15-13-18-53(49)55)82(124)104(7)66(22-11-9-2)85(127)103(64)6/h12-15,17-20,24-27,39-40,45-46,51,56-67,90-91,107-108H,8-11,16,21-23,28-38,41-44,86-87H2,1-7H3,(H2,88,109)(H2,89,110)(H,92,116)(H,93,120)(H,94,111)(H,95,118)(H,96,119)(H,97,122)(H,98,115)(H,99,117)(H,100,121)(H,101,114)(H,112,113)/t45-,46-,51+,56-,57-,58-,59-,60-,61-,62-,63-,64-,65-,66-,67-/m0/s1. The van der Waals surface area contributed by atoms with E-state index in [-0.39, 0.29) is 70.2 Å². The molecule has 0 bridgehead atoms. The van der Waals surface area contributed by atoms with Gasteiger partial charge in [0.15, 0.2) is 0 Å². The van der Waals surface area contributed by atoms with Crippen LogP contribution >= 0.6 is 11.8 Å². The molecule has 5 aromatic rings. The van der Waals surface area contributed by atoms with Crippen molar-refractivity contribution in [3.8, 4) is 5.75 Å². The summed E-state index contributed by atoms with van der Waals surface area (Å²) in [5.41, 5.74) is 26.0. The van der Waals surface area contributed by atoms with Gasteiger partial charge in [0.1, 0.15) is 90.3 Å². The quantitative estimate of drug-likeness (QED) is 0.0296. The molecule has 0 saturated carbocycles. The van der Waals surface area contributed by atoms with Crippen molar-refractivity contribution in [1.82, 2.24) is 87.6 Å². The SMILES string of the molecule is CCCC[C@H]1C(=O)N(C)[C@@H](CCCC)C(=O)N[C@@H](C)C(=O)N[C@H](C(=O)NCC(N)=O)CSCC(=O)N[C@@H](Cc2ccc(O)cc2)C(=O)N(C)[C@@H](C)C(=O)N[C@@H](CC(N)=O)C(=O)N2CCC[C@H]2C(=O)N[C@@H](CN)C(=O)N[C@@H](CCC(=O)O)C(=O)N2C[C@H](O)C[C@H]2C(=O)N[C@@H](Cc2c[nH]c3ccccc23)C(=O)N[C@@H](CCN)C(=O)N[C@@H](Cc2c[nH]c3ccccc23)C(=O)N1C. The first-order valence-electron chi connectivity index (χ1n) is 42.6. The highest BCUT2D eigenvalue weighted by molar-refractivity contribution is 8.00. The predicted molar refractivity (Wildman–Crippen MR) is 467 cm³/mol. The number of carbonyl (C=O) groups is 18. The molecule has 15 atom stereocenters. The third-order valence-electron chi connectivity index (χ3n) is 22.9. The molecule has 43 heteroatoms. The van der Waals surface area contributed by atoms with Gasteiger partial charge in [-0.15, -0.1) is 11.8 Å². The highest BCUT2D eigenvalue weighted by Crippen LogP contribution is 2.28. The number of amides is 17. The largest absolute Gasteiger partial charge is 0.508 e. The molecule has 3 fully saturated rings. The number of aromatic amines is 2. The van der Waals surface area contributed by atoms with Gasteiger partial charge in [-0.1, -0.05) is 88.1 Å². The van der Waals surface area contributed by atoms with E-state index in [9.17, 15) is 72.9 Å². The van der Waals surface area contributed by atoms with E-state index in [1.165, 1.54) is 64.2 Å². The number of likely N-dealkylation sites (N-methyl/N-ethyl adjacent to an activating group) is 3. The van der Waals surface area contributed by atoms with Gasteiger partial charge in [-0.05, 0) is 99.9 Å². The molecule has 8 rings (SSSR count). The molecule has 42 nitrogen and oxygen atoms in total. The number of phenols is 1. The van der Waals surface area contributed by atoms with Crippen LogP contribution < -0.4 is 76.1 Å². The van der Waals surface area contributed by atoms with Gasteiger partial charge in [0.05, 0.1) is 24.8 Å². The van der Waals surface area contributed by atoms with E-state index >= 15 is 28.8 Å². The molecule has 0 unspecified atom stereocenters. The Bertz CT molecular complexity index is 4860. The lowest BCUT2D eigenvalue weighted by Gasteiger charge is -2.36. The van der Waals surface area contributed by atoms with E-state index in [4.69, 9.17) is 22.9 Å². The lowest BCUT2D eigenvalue weighted by atomic mass is 10.00. The van der Waals surface area contributed by atoms with Gasteiger partial charge in [0.2, 0.25) is 100 Å². The summed E-state index contributed by atoms with van der Waals surface area (Å²) in [6.45, 7) is 3.86. The molecule has 17 amide bonds. The maximum Gasteiger partial charge on any atom is 0.303 e. The number of carboxylic acids is 1. The van der Waals surface area contributed by atoms with Crippen molar-refractivity contribution in [2.24, 2.45) is 22.9 Å². The number of H-pyrrole nitrogens is 2. The number of aliphatic hydroxyl groups excluding tert-OH is 1. The number of hydrogen-bond acceptors (Lipinski definition) is 23. The second kappa shape index (κ2) is 47.7. The molecule has 5 heterocycles. The molecule has 3 aromatic carbocycles. The summed E-state index contributed by atoms with van der Waals surface area (Å²) in [6, 6.07) is -2.30. The Hall–Kier alpha value is -12.8. The van der Waals surface area contributed by atoms with Crippen molar-refractivity contribution >= 4 is 140 Å². The summed E-state index contributed by atoms with van der Waals surface area (Å²) >= 11 is 0.772. The van der Waals surface area contributed by atoms with E-state index in [0.717, 1.165) is 31.4 Å². The monoisotopic (exact) mass is 1800 g/mol. The van der Waals surface area contributed by atoms with Crippen LogP contribution in [0.15, 0.2) is 85.2 Å². The lowest BCUT2D eigenvalue weighted by Crippen LogP contribution is -2.61. The number of phenolic OH excluding ortho intramolecular Hbond substituents is 1. The van der Waals surface area contributed by atoms with E-state index in [2.05, 4.69) is 63.1 Å². The molecule has 3 saturated heterocycles. The van der Waals surface area contributed by atoms with Crippen LogP contribution in [0.1, 0.15) is 128 Å². The van der Waals surface area contributed by atoms with Crippen LogP contribution in [0, 0.1) is 0 Å². The molecule has 3 aliphatic heterocycles. The number of nitrogens with zero attached hydrogens (tertiary/aromatic N) is 5. The number of aliphatic carboxylic acids is 1. The topological polar surface area (TPSA) is 640 Å². The molecular weight excluding hydrogens is 1680 g/mol. The number of carbonyl (C=O) groups excluding carboxylic acids is 17. The number of aromatic nitrogens is 2. The number of para-hydroxylation sites is 2. The van der Waals surface area contributed by atoms with Gasteiger partial charge in [-0.25, -0.2) is 0 Å². The summed E-state index contributed by atoms with van der Waals surface area (Å²) < 4.78 is 0. The van der Waals surface area contributed by atoms with E-state index in [1.54, 1.807) is 60.9 Å². The van der Waals surface area contributed by atoms with E-state index in [0.29, 0.717) is 64.2 Å². The zero-order valence-corrected chi connectivity index (χ0v) is 73.5. The number of aromatic hydroxyl groups is 1. The molecule has 0 radical (unpaired) electrons. The molecule has 2 aromatic heterocycles. The van der Waals surface area contributed by atoms with Gasteiger partial charge in [-0.3, -0.25) is 86.3 Å². The van der Waals surface area contributed by atoms with Crippen LogP contribution in [-0.2, 0) is 106 Å². The van der Waals surface area contributed by atoms with E-state index in [1.807, 2.05) is 13.8 Å². The zero-order valence-electron chi connectivity index (χ0n) is 72.7. The molecule has 696 valence electrons. The highest BCUT2D eigenvalue weighted by atomic mass is 32.2. The third kappa shape index (κ3) is 27.4. The number of benzene rings is 3. The summed E-state index contributed by atoms with van der Waals surface area (Å²) in [5, 5.41) is 58.5. The maximum absolute atomic E-state index is 15.7. The van der Waals surface area contributed by atoms with Crippen LogP contribution in [-0.4, -0.2) is 312 Å². The first-order valence-corrected chi connectivity index (χ1v) is 43.8. The maximum atomic E-state index is 15.7. The van der Waals surface area contributed by atoms with Crippen LogP contribution in [0.25, 0.3) is 21.8 Å². The Morgan fingerprint density at radius 1 is 0.523 bits per heavy atom. The average Bonchev–Trinajstić information content (AvgIpc) is 1.66. The lowest BCUT2D eigenvalue weighted by molar-refractivity contribution is -0.149. The second-order valence-corrected chi connectivity index (χ2v) is 33.3. The Morgan fingerprint density at radius 3 is 1.66 bits per heavy atom. The number of unbranched alkanes of at least 4 members (excludes halogenated alkanes) is 2. The van der Waals surface area contributed by atoms with Crippen molar-refractivity contribution in [2.75, 3.05) is 65.4 Å². The second-order valence-electron chi connectivity index (χ2n) is 32.3. The van der Waals surface area contributed by atoms with Gasteiger partial charge in [-0.2, -0.15) is 0 Å². The Kier molecular flexibility index (Phi) is 37.5. The van der Waals surface area contributed by atoms with Crippen LogP contribution in [0.4, 0.5) is 0 Å². The number of hydrogen-bond donors (Lipinski definition) is 19. The normalized spacial score (nSPS) is 25.5. The summed E-state index contributed by atoms with van der Waals surface area (Å²) in [6.07, 6.45) is -0.160. The molecule has 23 N–H and O–H groups in total. The minimum absolute atomic E-state index is 0.0240. The number of fused-ring (bicyclic) bond motifs is 4. The highest BCUT2D eigenvalue weighted by Gasteiger charge is 2.46. The van der Waals surface area contributed by atoms with Crippen LogP contribution in [0.3, 0.4) is 0 Å². The number of primary amides is 2. The van der Waals surface area contributed by atoms with Crippen molar-refractivity contribution in [3.63, 3.8) is 0 Å². The zero-order chi connectivity index (χ0) is 93.9. The smallest absolute Gasteiger partial charge is 0.303 e. The van der Waals surface area contributed by atoms with Crippen molar-refractivity contribution in [2.45, 2.75) is 221 Å². The van der Waals surface area contributed by atoms with Gasteiger partial charge in [0, 0.05) is 113 Å². The minimum atomic E-state index is -1.83. The fourth-order valence-electron chi connectivity index (χ4n) is 15.6. The summed E-state index contributed by atoms with van der Waals surface area (Å²) in [5.74, 6) is -18.9. The number of rotatable bonds is 23. The molecule has 0 spiro atoms. The number of aliphatic hydroxyl groups is 1. The molecular formula is C85H119N21O21S. The first-order chi connectivity index (χ1) is 60.9. The van der Waals surface area contributed by atoms with Crippen LogP contribution in [0.5, 0.6) is 5.75 Å². The van der Waals surface area contributed by atoms with Crippen molar-refractivity contribution in [3.05, 3.63) is 102 Å². The number of nitrogens with one attached hydrogen (secondary N) is 12. The number of carboxylic acid groups (broad SMARTS) is 1. The summed E-state index contributed by atoms with van der Waals surface area (Å²) in [7, 11) is 3.92. The molecule has 128 heavy (non-hydrogen) atoms. The average molecular weight is 1800 g/mol. The summed E-state index contributed by atoms with van der Waals surface area (Å²) in [4.78, 5) is 270.